The van der Waals surface area contributed by atoms with Crippen LogP contribution < -0.4 is 11.1 Å². The average molecular weight is 270 g/mol. The Kier molecular flexibility index (Phi) is 5.55. The van der Waals surface area contributed by atoms with E-state index in [1.54, 1.807) is 6.92 Å². The van der Waals surface area contributed by atoms with E-state index in [1.807, 2.05) is 0 Å². The van der Waals surface area contributed by atoms with Crippen molar-refractivity contribution in [2.75, 3.05) is 25.9 Å². The molecule has 0 radical (unpaired) electrons. The quantitative estimate of drug-likeness (QED) is 0.768. The van der Waals surface area contributed by atoms with Gasteiger partial charge in [0.2, 0.25) is 0 Å². The molecule has 1 aromatic heterocycles. The molecule has 3 N–H and O–H groups in total. The summed E-state index contributed by atoms with van der Waals surface area (Å²) in [5.74, 6) is -0.0751. The van der Waals surface area contributed by atoms with Crippen molar-refractivity contribution < 1.29 is 4.79 Å². The van der Waals surface area contributed by atoms with Crippen molar-refractivity contribution in [2.45, 2.75) is 33.2 Å². The van der Waals surface area contributed by atoms with E-state index >= 15 is 0 Å². The van der Waals surface area contributed by atoms with Crippen LogP contribution in [0.3, 0.4) is 0 Å². The fraction of sp³-hybridized carbons (Fsp3) is 0.667. The molecule has 1 rings (SSSR count). The van der Waals surface area contributed by atoms with Gasteiger partial charge in [0.05, 0.1) is 5.69 Å². The average Bonchev–Trinajstić information content (AvgIpc) is 2.63. The number of carbonyl (C=O) groups is 1. The lowest BCUT2D eigenvalue weighted by Crippen LogP contribution is -2.31. The number of nitrogens with one attached hydrogen (secondary N) is 1. The second-order valence-electron chi connectivity index (χ2n) is 4.65. The minimum Gasteiger partial charge on any atom is -0.375 e. The summed E-state index contributed by atoms with van der Waals surface area (Å²) in [6.07, 6.45) is 0.938. The van der Waals surface area contributed by atoms with E-state index in [9.17, 15) is 4.79 Å². The number of thiazole rings is 1. The maximum absolute atomic E-state index is 11.8. The molecule has 102 valence electrons. The zero-order valence-corrected chi connectivity index (χ0v) is 12.3. The molecule has 0 unspecified atom stereocenters. The summed E-state index contributed by atoms with van der Waals surface area (Å²) in [7, 11) is 2.08. The Balaban J connectivity index is 2.32. The van der Waals surface area contributed by atoms with Crippen molar-refractivity contribution in [3.05, 3.63) is 10.6 Å². The number of hydrogen-bond acceptors (Lipinski definition) is 5. The van der Waals surface area contributed by atoms with Gasteiger partial charge in [-0.15, -0.1) is 0 Å². The number of aromatic nitrogens is 1. The fourth-order valence-corrected chi connectivity index (χ4v) is 2.25. The maximum Gasteiger partial charge on any atom is 0.263 e. The molecule has 0 saturated carbocycles. The summed E-state index contributed by atoms with van der Waals surface area (Å²) >= 11 is 1.24. The highest BCUT2D eigenvalue weighted by Crippen LogP contribution is 2.19. The maximum atomic E-state index is 11.8. The van der Waals surface area contributed by atoms with Crippen LogP contribution in [0.25, 0.3) is 0 Å². The van der Waals surface area contributed by atoms with Crippen LogP contribution in [0.4, 0.5) is 5.13 Å². The first kappa shape index (κ1) is 14.9. The normalized spacial score (nSPS) is 11.2. The predicted molar refractivity (Wildman–Crippen MR) is 76.0 cm³/mol. The monoisotopic (exact) mass is 270 g/mol. The molecule has 0 atom stereocenters. The molecule has 1 heterocycles. The molecule has 0 aliphatic rings. The largest absolute Gasteiger partial charge is 0.375 e. The molecule has 5 nitrogen and oxygen atoms in total. The Morgan fingerprint density at radius 1 is 1.56 bits per heavy atom. The molecule has 0 spiro atoms. The van der Waals surface area contributed by atoms with Gasteiger partial charge in [0.15, 0.2) is 5.13 Å². The molecule has 0 aliphatic carbocycles. The molecule has 0 fully saturated rings. The van der Waals surface area contributed by atoms with Crippen LogP contribution >= 0.6 is 11.3 Å². The number of nitrogens with two attached hydrogens (primary N) is 1. The smallest absolute Gasteiger partial charge is 0.263 e. The highest BCUT2D eigenvalue weighted by molar-refractivity contribution is 7.17. The lowest BCUT2D eigenvalue weighted by atomic mass is 10.3. The van der Waals surface area contributed by atoms with Crippen molar-refractivity contribution in [3.8, 4) is 0 Å². The van der Waals surface area contributed by atoms with E-state index in [4.69, 9.17) is 5.73 Å². The Morgan fingerprint density at radius 2 is 2.22 bits per heavy atom. The molecule has 18 heavy (non-hydrogen) atoms. The Bertz CT molecular complexity index is 403. The summed E-state index contributed by atoms with van der Waals surface area (Å²) in [4.78, 5) is 18.8. The Labute approximate surface area is 112 Å². The van der Waals surface area contributed by atoms with E-state index in [0.29, 0.717) is 28.3 Å². The Hall–Kier alpha value is -1.14. The highest BCUT2D eigenvalue weighted by Gasteiger charge is 2.13. The van der Waals surface area contributed by atoms with E-state index in [0.717, 1.165) is 13.0 Å². The summed E-state index contributed by atoms with van der Waals surface area (Å²) in [5, 5.41) is 3.34. The number of hydrogen-bond donors (Lipinski definition) is 2. The number of amides is 1. The van der Waals surface area contributed by atoms with Crippen LogP contribution in [0, 0.1) is 6.92 Å². The zero-order valence-electron chi connectivity index (χ0n) is 11.5. The van der Waals surface area contributed by atoms with Crippen LogP contribution in [0.2, 0.25) is 0 Å². The predicted octanol–water partition coefficient (Wildman–Crippen LogP) is 1.49. The summed E-state index contributed by atoms with van der Waals surface area (Å²) in [6.45, 7) is 7.76. The third-order valence-corrected chi connectivity index (χ3v) is 3.86. The number of aryl methyl sites for hydroxylation is 1. The number of rotatable bonds is 6. The fourth-order valence-electron chi connectivity index (χ4n) is 1.50. The minimum atomic E-state index is -0.0751. The van der Waals surface area contributed by atoms with Gasteiger partial charge < -0.3 is 16.0 Å². The van der Waals surface area contributed by atoms with Gasteiger partial charge in [-0.2, -0.15) is 0 Å². The number of carbonyl (C=O) groups excluding carboxylic acids is 1. The highest BCUT2D eigenvalue weighted by atomic mass is 32.1. The molecule has 0 bridgehead atoms. The van der Waals surface area contributed by atoms with Crippen LogP contribution in [-0.2, 0) is 0 Å². The van der Waals surface area contributed by atoms with Crippen molar-refractivity contribution in [1.29, 1.82) is 0 Å². The second kappa shape index (κ2) is 6.70. The van der Waals surface area contributed by atoms with Crippen molar-refractivity contribution in [2.24, 2.45) is 0 Å². The topological polar surface area (TPSA) is 71.2 Å². The Morgan fingerprint density at radius 3 is 2.72 bits per heavy atom. The van der Waals surface area contributed by atoms with Gasteiger partial charge in [-0.1, -0.05) is 11.3 Å². The minimum absolute atomic E-state index is 0.0751. The molecular formula is C12H22N4OS. The van der Waals surface area contributed by atoms with Crippen molar-refractivity contribution in [1.82, 2.24) is 15.2 Å². The molecular weight excluding hydrogens is 248 g/mol. The summed E-state index contributed by atoms with van der Waals surface area (Å²) < 4.78 is 0. The van der Waals surface area contributed by atoms with Gasteiger partial charge in [-0.3, -0.25) is 4.79 Å². The van der Waals surface area contributed by atoms with Crippen molar-refractivity contribution in [3.63, 3.8) is 0 Å². The van der Waals surface area contributed by atoms with Gasteiger partial charge in [-0.25, -0.2) is 4.98 Å². The van der Waals surface area contributed by atoms with Crippen molar-refractivity contribution >= 4 is 22.4 Å². The van der Waals surface area contributed by atoms with Crippen LogP contribution in [0.1, 0.15) is 35.6 Å². The molecule has 1 aromatic rings. The van der Waals surface area contributed by atoms with Gasteiger partial charge in [0.25, 0.3) is 5.91 Å². The SMILES string of the molecule is Cc1nc(N)sc1C(=O)NCCCN(C)C(C)C. The number of nitrogen functional groups attached to an aromatic ring is 1. The second-order valence-corrected chi connectivity index (χ2v) is 5.68. The lowest BCUT2D eigenvalue weighted by molar-refractivity contribution is 0.0955. The van der Waals surface area contributed by atoms with E-state index < -0.39 is 0 Å². The number of anilines is 1. The first-order valence-electron chi connectivity index (χ1n) is 6.13. The molecule has 6 heteroatoms. The molecule has 0 aromatic carbocycles. The van der Waals surface area contributed by atoms with Crippen LogP contribution in [-0.4, -0.2) is 42.0 Å². The van der Waals surface area contributed by atoms with Gasteiger partial charge in [0.1, 0.15) is 4.88 Å². The molecule has 0 aliphatic heterocycles. The van der Waals surface area contributed by atoms with E-state index in [2.05, 4.69) is 36.1 Å². The summed E-state index contributed by atoms with van der Waals surface area (Å²) in [6, 6.07) is 0.532. The number of nitrogens with zero attached hydrogens (tertiary/aromatic N) is 2. The van der Waals surface area contributed by atoms with E-state index in [-0.39, 0.29) is 5.91 Å². The van der Waals surface area contributed by atoms with Crippen LogP contribution in [0.15, 0.2) is 0 Å². The van der Waals surface area contributed by atoms with Gasteiger partial charge in [0, 0.05) is 12.6 Å². The van der Waals surface area contributed by atoms with Gasteiger partial charge in [-0.05, 0) is 40.8 Å². The first-order chi connectivity index (χ1) is 8.41. The zero-order chi connectivity index (χ0) is 13.7. The summed E-state index contributed by atoms with van der Waals surface area (Å²) in [5.41, 5.74) is 6.27. The van der Waals surface area contributed by atoms with Gasteiger partial charge >= 0.3 is 0 Å². The third kappa shape index (κ3) is 4.27. The van der Waals surface area contributed by atoms with E-state index in [1.165, 1.54) is 11.3 Å². The van der Waals surface area contributed by atoms with Crippen LogP contribution in [0.5, 0.6) is 0 Å². The molecule has 0 saturated heterocycles. The standard InChI is InChI=1S/C12H22N4OS/c1-8(2)16(4)7-5-6-14-11(17)10-9(3)15-12(13)18-10/h8H,5-7H2,1-4H3,(H2,13,15)(H,14,17). The lowest BCUT2D eigenvalue weighted by Gasteiger charge is -2.20. The first-order valence-corrected chi connectivity index (χ1v) is 6.94. The molecule has 1 amide bonds. The third-order valence-electron chi connectivity index (χ3n) is 2.87.